The summed E-state index contributed by atoms with van der Waals surface area (Å²) in [6.07, 6.45) is -4.34. The molecule has 0 bridgehead atoms. The zero-order valence-corrected chi connectivity index (χ0v) is 29.5. The number of piperazine rings is 2. The number of rotatable bonds is 10. The molecular formula is C37H42N6O10. The smallest absolute Gasteiger partial charge is 0.419 e. The molecule has 16 nitrogen and oxygen atoms in total. The molecule has 4 saturated heterocycles. The molecule has 4 heterocycles. The van der Waals surface area contributed by atoms with Crippen molar-refractivity contribution in [1.82, 2.24) is 30.2 Å². The highest BCUT2D eigenvalue weighted by atomic mass is 16.6. The van der Waals surface area contributed by atoms with Crippen molar-refractivity contribution < 1.29 is 47.8 Å². The van der Waals surface area contributed by atoms with Gasteiger partial charge in [0, 0.05) is 25.9 Å². The second-order valence-corrected chi connectivity index (χ2v) is 14.3. The highest BCUT2D eigenvalue weighted by molar-refractivity contribution is 6.07. The van der Waals surface area contributed by atoms with Crippen LogP contribution in [-0.2, 0) is 51.5 Å². The van der Waals surface area contributed by atoms with Crippen LogP contribution in [0, 0.1) is 5.41 Å². The van der Waals surface area contributed by atoms with Crippen molar-refractivity contribution in [3.8, 4) is 0 Å². The number of carbonyl (C=O) groups is 8. The van der Waals surface area contributed by atoms with Crippen LogP contribution in [0.15, 0.2) is 60.7 Å². The predicted octanol–water partition coefficient (Wildman–Crippen LogP) is 2.02. The molecule has 8 amide bonds. The fourth-order valence-electron chi connectivity index (χ4n) is 7.24. The van der Waals surface area contributed by atoms with Crippen molar-refractivity contribution in [3.05, 3.63) is 71.8 Å². The number of ether oxygens (including phenoxy) is 2. The lowest BCUT2D eigenvalue weighted by molar-refractivity contribution is -0.160. The average molecular weight is 731 g/mol. The Kier molecular flexibility index (Phi) is 10.8. The van der Waals surface area contributed by atoms with Gasteiger partial charge in [-0.05, 0) is 42.2 Å². The van der Waals surface area contributed by atoms with E-state index in [1.165, 1.54) is 9.80 Å². The van der Waals surface area contributed by atoms with Gasteiger partial charge in [-0.3, -0.25) is 28.8 Å². The monoisotopic (exact) mass is 730 g/mol. The molecule has 53 heavy (non-hydrogen) atoms. The number of fused-ring (bicyclic) bond motifs is 2. The maximum Gasteiger partial charge on any atom is 0.419 e. The Morgan fingerprint density at radius 2 is 1.00 bits per heavy atom. The normalized spacial score (nSPS) is 22.7. The van der Waals surface area contributed by atoms with Gasteiger partial charge in [0.1, 0.15) is 25.3 Å². The molecule has 2 N–H and O–H groups in total. The van der Waals surface area contributed by atoms with E-state index in [9.17, 15) is 38.4 Å². The van der Waals surface area contributed by atoms with E-state index in [0.29, 0.717) is 46.6 Å². The molecule has 2 aromatic rings. The number of hydrogen-bond donors (Lipinski definition) is 2. The van der Waals surface area contributed by atoms with E-state index in [0.717, 1.165) is 0 Å². The Morgan fingerprint density at radius 3 is 1.38 bits per heavy atom. The van der Waals surface area contributed by atoms with Gasteiger partial charge in [-0.15, -0.1) is 0 Å². The van der Waals surface area contributed by atoms with Gasteiger partial charge in [0.15, 0.2) is 12.3 Å². The highest BCUT2D eigenvalue weighted by Crippen LogP contribution is 2.30. The third-order valence-electron chi connectivity index (χ3n) is 9.78. The molecule has 280 valence electrons. The number of amides is 8. The van der Waals surface area contributed by atoms with Crippen LogP contribution in [0.2, 0.25) is 0 Å². The van der Waals surface area contributed by atoms with Crippen LogP contribution in [0.1, 0.15) is 63.5 Å². The zero-order valence-electron chi connectivity index (χ0n) is 29.5. The summed E-state index contributed by atoms with van der Waals surface area (Å²) in [5.74, 6) is -4.06. The molecule has 6 rings (SSSR count). The number of nitrogens with one attached hydrogen (secondary N) is 2. The van der Waals surface area contributed by atoms with Gasteiger partial charge < -0.3 is 29.9 Å². The maximum atomic E-state index is 13.5. The number of nitrogens with zero attached hydrogens (tertiary/aromatic N) is 4. The molecule has 4 aliphatic rings. The van der Waals surface area contributed by atoms with Crippen molar-refractivity contribution in [2.24, 2.45) is 5.41 Å². The van der Waals surface area contributed by atoms with Gasteiger partial charge >= 0.3 is 12.2 Å². The quantitative estimate of drug-likeness (QED) is 0.366. The summed E-state index contributed by atoms with van der Waals surface area (Å²) in [6.45, 7) is 3.45. The molecule has 0 spiro atoms. The molecule has 4 aliphatic heterocycles. The fraction of sp³-hybridized carbons (Fsp3) is 0.459. The van der Waals surface area contributed by atoms with Crippen LogP contribution in [0.3, 0.4) is 0 Å². The zero-order chi connectivity index (χ0) is 37.9. The van der Waals surface area contributed by atoms with E-state index in [-0.39, 0.29) is 39.1 Å². The highest BCUT2D eigenvalue weighted by Gasteiger charge is 2.53. The predicted molar refractivity (Wildman–Crippen MR) is 183 cm³/mol. The molecular weight excluding hydrogens is 688 g/mol. The lowest BCUT2D eigenvalue weighted by Crippen LogP contribution is -2.69. The lowest BCUT2D eigenvalue weighted by Gasteiger charge is -2.41. The Bertz CT molecular complexity index is 1660. The lowest BCUT2D eigenvalue weighted by atomic mass is 9.85. The SMILES string of the molecule is CC(C)(CC(=O)N[C@H]1C(=O)N2CCCC2C(=O)N1C(=O)OCc1ccccc1)CC(=O)N[C@H]1C(=O)N2CCCC2C(=O)N1C(=O)OCc1ccccc1. The third kappa shape index (κ3) is 8.00. The fourth-order valence-corrected chi connectivity index (χ4v) is 7.24. The Morgan fingerprint density at radius 1 is 0.623 bits per heavy atom. The van der Waals surface area contributed by atoms with Crippen molar-refractivity contribution >= 4 is 47.6 Å². The maximum absolute atomic E-state index is 13.5. The molecule has 4 fully saturated rings. The summed E-state index contributed by atoms with van der Waals surface area (Å²) in [5, 5.41) is 5.01. The Hall–Kier alpha value is -5.80. The average Bonchev–Trinajstić information content (AvgIpc) is 3.83. The molecule has 0 saturated carbocycles. The second kappa shape index (κ2) is 15.4. The molecule has 0 aliphatic carbocycles. The Labute approximate surface area is 305 Å². The van der Waals surface area contributed by atoms with Crippen LogP contribution >= 0.6 is 0 Å². The minimum atomic E-state index is -1.66. The van der Waals surface area contributed by atoms with E-state index in [1.807, 2.05) is 0 Å². The van der Waals surface area contributed by atoms with E-state index in [4.69, 9.17) is 9.47 Å². The van der Waals surface area contributed by atoms with Crippen molar-refractivity contribution in [1.29, 1.82) is 0 Å². The minimum absolute atomic E-state index is 0.162. The first-order valence-corrected chi connectivity index (χ1v) is 17.6. The van der Waals surface area contributed by atoms with Crippen molar-refractivity contribution in [3.63, 3.8) is 0 Å². The Balaban J connectivity index is 1.11. The van der Waals surface area contributed by atoms with E-state index >= 15 is 0 Å². The van der Waals surface area contributed by atoms with Crippen molar-refractivity contribution in [2.75, 3.05) is 13.1 Å². The summed E-state index contributed by atoms with van der Waals surface area (Å²) in [5.41, 5.74) is 0.208. The molecule has 0 radical (unpaired) electrons. The topological polar surface area (TPSA) is 192 Å². The van der Waals surface area contributed by atoms with Crippen LogP contribution in [0.4, 0.5) is 9.59 Å². The standard InChI is InChI=1S/C37H42N6O10/c1-37(2,19-27(44)38-29-33(48)40-17-9-15-25(40)31(46)42(29)35(50)52-21-23-11-5-3-6-12-23)20-28(45)39-30-34(49)41-18-10-16-26(41)32(47)43(30)36(51)53-22-24-13-7-4-8-14-24/h3-8,11-14,25-26,29-30H,9-10,15-22H2,1-2H3,(H,38,44)(H,39,45)/t25?,26?,29-,30-/m1/s1. The minimum Gasteiger partial charge on any atom is -0.444 e. The first-order chi connectivity index (χ1) is 25.3. The molecule has 0 aromatic heterocycles. The molecule has 16 heteroatoms. The summed E-state index contributed by atoms with van der Waals surface area (Å²) in [7, 11) is 0. The van der Waals surface area contributed by atoms with Crippen LogP contribution < -0.4 is 10.6 Å². The number of hydrogen-bond acceptors (Lipinski definition) is 10. The first-order valence-electron chi connectivity index (χ1n) is 17.6. The number of imide groups is 2. The molecule has 4 atom stereocenters. The molecule has 2 aromatic carbocycles. The van der Waals surface area contributed by atoms with Crippen molar-refractivity contribution in [2.45, 2.75) is 90.0 Å². The van der Waals surface area contributed by atoms with Gasteiger partial charge in [-0.2, -0.15) is 0 Å². The first kappa shape index (κ1) is 37.0. The van der Waals surface area contributed by atoms with E-state index in [1.54, 1.807) is 74.5 Å². The second-order valence-electron chi connectivity index (χ2n) is 14.3. The molecule has 2 unspecified atom stereocenters. The third-order valence-corrected chi connectivity index (χ3v) is 9.78. The van der Waals surface area contributed by atoms with Gasteiger partial charge in [0.2, 0.25) is 11.8 Å². The van der Waals surface area contributed by atoms with Gasteiger partial charge in [0.25, 0.3) is 23.6 Å². The van der Waals surface area contributed by atoms with Crippen LogP contribution in [0.25, 0.3) is 0 Å². The summed E-state index contributed by atoms with van der Waals surface area (Å²) >= 11 is 0. The van der Waals surface area contributed by atoms with Gasteiger partial charge in [-0.1, -0.05) is 74.5 Å². The van der Waals surface area contributed by atoms with E-state index < -0.39 is 77.5 Å². The van der Waals surface area contributed by atoms with Crippen LogP contribution in [-0.4, -0.2) is 105 Å². The largest absolute Gasteiger partial charge is 0.444 e. The summed E-state index contributed by atoms with van der Waals surface area (Å²) in [6, 6.07) is 15.8. The van der Waals surface area contributed by atoms with Crippen LogP contribution in [0.5, 0.6) is 0 Å². The van der Waals surface area contributed by atoms with Gasteiger partial charge in [0.05, 0.1) is 0 Å². The van der Waals surface area contributed by atoms with E-state index in [2.05, 4.69) is 10.6 Å². The van der Waals surface area contributed by atoms with Gasteiger partial charge in [-0.25, -0.2) is 19.4 Å². The number of benzene rings is 2. The summed E-state index contributed by atoms with van der Waals surface area (Å²) < 4.78 is 10.8. The number of carbonyl (C=O) groups excluding carboxylic acids is 8. The summed E-state index contributed by atoms with van der Waals surface area (Å²) in [4.78, 5) is 111.